The molecule has 3 N–H and O–H groups in total. The first-order valence-corrected chi connectivity index (χ1v) is 6.82. The van der Waals surface area contributed by atoms with E-state index in [2.05, 4.69) is 17.4 Å². The largest absolute Gasteiger partial charge is 0.383 e. The van der Waals surface area contributed by atoms with Crippen molar-refractivity contribution in [1.29, 1.82) is 0 Å². The first-order chi connectivity index (χ1) is 8.63. The van der Waals surface area contributed by atoms with Crippen molar-refractivity contribution >= 4 is 17.7 Å². The summed E-state index contributed by atoms with van der Waals surface area (Å²) in [7, 11) is 1.69. The predicted octanol–water partition coefficient (Wildman–Crippen LogP) is 1.31. The summed E-state index contributed by atoms with van der Waals surface area (Å²) in [4.78, 5) is 11.8. The smallest absolute Gasteiger partial charge is 0.227 e. The Morgan fingerprint density at radius 1 is 1.50 bits per heavy atom. The fourth-order valence-electron chi connectivity index (χ4n) is 1.54. The number of methoxy groups -OCH3 is 1. The zero-order valence-corrected chi connectivity index (χ0v) is 11.7. The average molecular weight is 268 g/mol. The fourth-order valence-corrected chi connectivity index (χ4v) is 2.29. The van der Waals surface area contributed by atoms with Crippen LogP contribution in [0.4, 0.5) is 0 Å². The zero-order valence-electron chi connectivity index (χ0n) is 10.9. The number of hydrogen-bond donors (Lipinski definition) is 2. The van der Waals surface area contributed by atoms with Crippen LogP contribution in [0.15, 0.2) is 23.1 Å². The molecule has 4 nitrogen and oxygen atoms in total. The molecule has 0 fully saturated rings. The molecule has 0 heterocycles. The molecule has 0 unspecified atom stereocenters. The van der Waals surface area contributed by atoms with Crippen LogP contribution in [0.1, 0.15) is 11.1 Å². The van der Waals surface area contributed by atoms with E-state index in [0.717, 1.165) is 18.0 Å². The monoisotopic (exact) mass is 268 g/mol. The van der Waals surface area contributed by atoms with Crippen molar-refractivity contribution in [3.05, 3.63) is 29.3 Å². The van der Waals surface area contributed by atoms with Crippen LogP contribution in [0, 0.1) is 6.92 Å². The van der Waals surface area contributed by atoms with Gasteiger partial charge in [0.15, 0.2) is 0 Å². The Morgan fingerprint density at radius 2 is 2.28 bits per heavy atom. The summed E-state index contributed by atoms with van der Waals surface area (Å²) in [5.41, 5.74) is 7.54. The number of ether oxygens (including phenoxy) is 1. The van der Waals surface area contributed by atoms with Gasteiger partial charge in [-0.1, -0.05) is 12.1 Å². The summed E-state index contributed by atoms with van der Waals surface area (Å²) in [5.74, 6) is 0.0384. The predicted molar refractivity (Wildman–Crippen MR) is 74.7 cm³/mol. The van der Waals surface area contributed by atoms with Gasteiger partial charge < -0.3 is 15.8 Å². The van der Waals surface area contributed by atoms with E-state index < -0.39 is 0 Å². The molecule has 0 aromatic heterocycles. The van der Waals surface area contributed by atoms with E-state index in [4.69, 9.17) is 10.5 Å². The molecule has 0 bridgehead atoms. The maximum absolute atomic E-state index is 10.7. The molecular formula is C13H20N2O2S. The number of carbonyl (C=O) groups is 1. The second-order valence-electron chi connectivity index (χ2n) is 4.02. The summed E-state index contributed by atoms with van der Waals surface area (Å²) in [6.07, 6.45) is 0. The molecule has 18 heavy (non-hydrogen) atoms. The summed E-state index contributed by atoms with van der Waals surface area (Å²) in [6, 6.07) is 6.23. The maximum Gasteiger partial charge on any atom is 0.227 e. The summed E-state index contributed by atoms with van der Waals surface area (Å²) < 4.78 is 4.97. The van der Waals surface area contributed by atoms with Crippen molar-refractivity contribution < 1.29 is 9.53 Å². The lowest BCUT2D eigenvalue weighted by atomic mass is 10.1. The van der Waals surface area contributed by atoms with Crippen LogP contribution in [-0.2, 0) is 16.1 Å². The van der Waals surface area contributed by atoms with E-state index in [-0.39, 0.29) is 5.91 Å². The van der Waals surface area contributed by atoms with E-state index in [9.17, 15) is 4.79 Å². The quantitative estimate of drug-likeness (QED) is 0.551. The van der Waals surface area contributed by atoms with Crippen LogP contribution < -0.4 is 11.1 Å². The highest BCUT2D eigenvalue weighted by atomic mass is 32.2. The number of primary amides is 1. The minimum absolute atomic E-state index is 0.287. The Hall–Kier alpha value is -1.04. The number of rotatable bonds is 8. The van der Waals surface area contributed by atoms with Gasteiger partial charge in [-0.3, -0.25) is 4.79 Å². The maximum atomic E-state index is 10.7. The Labute approximate surface area is 112 Å². The lowest BCUT2D eigenvalue weighted by Gasteiger charge is -2.08. The van der Waals surface area contributed by atoms with E-state index >= 15 is 0 Å². The SMILES string of the molecule is COCCNCc1ccc(SCC(N)=O)c(C)c1. The third kappa shape index (κ3) is 5.53. The third-order valence-electron chi connectivity index (χ3n) is 2.42. The molecule has 0 aliphatic carbocycles. The van der Waals surface area contributed by atoms with Crippen molar-refractivity contribution in [3.63, 3.8) is 0 Å². The highest BCUT2D eigenvalue weighted by Gasteiger charge is 2.03. The van der Waals surface area contributed by atoms with Crippen molar-refractivity contribution in [3.8, 4) is 0 Å². The molecule has 0 spiro atoms. The Kier molecular flexibility index (Phi) is 6.78. The van der Waals surface area contributed by atoms with Gasteiger partial charge in [0.2, 0.25) is 5.91 Å². The number of hydrogen-bond acceptors (Lipinski definition) is 4. The van der Waals surface area contributed by atoms with Crippen LogP contribution in [0.2, 0.25) is 0 Å². The normalized spacial score (nSPS) is 10.6. The number of carbonyl (C=O) groups excluding carboxylic acids is 1. The molecular weight excluding hydrogens is 248 g/mol. The van der Waals surface area contributed by atoms with Crippen molar-refractivity contribution in [2.45, 2.75) is 18.4 Å². The number of nitrogens with two attached hydrogens (primary N) is 1. The summed E-state index contributed by atoms with van der Waals surface area (Å²) in [6.45, 7) is 4.42. The first-order valence-electron chi connectivity index (χ1n) is 5.83. The molecule has 1 rings (SSSR count). The summed E-state index contributed by atoms with van der Waals surface area (Å²) in [5, 5.41) is 3.29. The molecule has 1 aromatic carbocycles. The van der Waals surface area contributed by atoms with Gasteiger partial charge in [-0.2, -0.15) is 0 Å². The van der Waals surface area contributed by atoms with Crippen LogP contribution in [0.3, 0.4) is 0 Å². The number of thioether (sulfide) groups is 1. The lowest BCUT2D eigenvalue weighted by Crippen LogP contribution is -2.18. The second kappa shape index (κ2) is 8.13. The van der Waals surface area contributed by atoms with Crippen LogP contribution >= 0.6 is 11.8 Å². The highest BCUT2D eigenvalue weighted by Crippen LogP contribution is 2.22. The molecule has 1 aromatic rings. The van der Waals surface area contributed by atoms with Crippen molar-refractivity contribution in [2.24, 2.45) is 5.73 Å². The van der Waals surface area contributed by atoms with Gasteiger partial charge in [0.1, 0.15) is 0 Å². The molecule has 5 heteroatoms. The van der Waals surface area contributed by atoms with E-state index in [0.29, 0.717) is 12.4 Å². The number of aryl methyl sites for hydroxylation is 1. The molecule has 0 radical (unpaired) electrons. The minimum Gasteiger partial charge on any atom is -0.383 e. The van der Waals surface area contributed by atoms with E-state index in [1.165, 1.54) is 22.9 Å². The molecule has 0 saturated heterocycles. The van der Waals surface area contributed by atoms with Gasteiger partial charge in [0.05, 0.1) is 12.4 Å². The van der Waals surface area contributed by atoms with Crippen LogP contribution in [0.5, 0.6) is 0 Å². The summed E-state index contributed by atoms with van der Waals surface area (Å²) >= 11 is 1.48. The van der Waals surface area contributed by atoms with Crippen LogP contribution in [0.25, 0.3) is 0 Å². The third-order valence-corrected chi connectivity index (χ3v) is 3.62. The highest BCUT2D eigenvalue weighted by molar-refractivity contribution is 8.00. The van der Waals surface area contributed by atoms with Crippen molar-refractivity contribution in [1.82, 2.24) is 5.32 Å². The molecule has 1 amide bonds. The number of benzene rings is 1. The lowest BCUT2D eigenvalue weighted by molar-refractivity contribution is -0.115. The fraction of sp³-hybridized carbons (Fsp3) is 0.462. The Balaban J connectivity index is 2.48. The van der Waals surface area contributed by atoms with Crippen molar-refractivity contribution in [2.75, 3.05) is 26.0 Å². The molecule has 0 aliphatic heterocycles. The Bertz CT molecular complexity index is 397. The number of nitrogens with one attached hydrogen (secondary N) is 1. The minimum atomic E-state index is -0.287. The van der Waals surface area contributed by atoms with Gasteiger partial charge >= 0.3 is 0 Å². The zero-order chi connectivity index (χ0) is 13.4. The van der Waals surface area contributed by atoms with Crippen LogP contribution in [-0.4, -0.2) is 31.9 Å². The van der Waals surface area contributed by atoms with Gasteiger partial charge in [-0.05, 0) is 24.1 Å². The van der Waals surface area contributed by atoms with Gasteiger partial charge in [0, 0.05) is 25.1 Å². The molecule has 100 valence electrons. The molecule has 0 aliphatic rings. The average Bonchev–Trinajstić information content (AvgIpc) is 2.33. The second-order valence-corrected chi connectivity index (χ2v) is 5.04. The molecule has 0 saturated carbocycles. The van der Waals surface area contributed by atoms with E-state index in [1.807, 2.05) is 13.0 Å². The Morgan fingerprint density at radius 3 is 2.89 bits per heavy atom. The van der Waals surface area contributed by atoms with Gasteiger partial charge in [0.25, 0.3) is 0 Å². The number of amides is 1. The standard InChI is InChI=1S/C13H20N2O2S/c1-10-7-11(8-15-5-6-17-2)3-4-12(10)18-9-13(14)16/h3-4,7,15H,5-6,8-9H2,1-2H3,(H2,14,16). The molecule has 0 atom stereocenters. The topological polar surface area (TPSA) is 64.3 Å². The van der Waals surface area contributed by atoms with Gasteiger partial charge in [-0.15, -0.1) is 11.8 Å². The first kappa shape index (κ1) is 15.0. The van der Waals surface area contributed by atoms with Gasteiger partial charge in [-0.25, -0.2) is 0 Å². The van der Waals surface area contributed by atoms with E-state index in [1.54, 1.807) is 7.11 Å².